The Morgan fingerprint density at radius 2 is 2.11 bits per heavy atom. The van der Waals surface area contributed by atoms with Crippen LogP contribution in [0.4, 0.5) is 5.95 Å². The van der Waals surface area contributed by atoms with E-state index >= 15 is 0 Å². The molecule has 0 amide bonds. The number of hydrogen-bond acceptors (Lipinski definition) is 4. The molecule has 0 unspecified atom stereocenters. The first-order valence-electron chi connectivity index (χ1n) is 5.79. The number of aryl methyl sites for hydroxylation is 3. The van der Waals surface area contributed by atoms with Crippen molar-refractivity contribution in [3.8, 4) is 0 Å². The third kappa shape index (κ3) is 1.81. The fourth-order valence-corrected chi connectivity index (χ4v) is 2.04. The average Bonchev–Trinajstić information content (AvgIpc) is 2.90. The topological polar surface area (TPSA) is 74.5 Å². The lowest BCUT2D eigenvalue weighted by molar-refractivity contribution is 0.677. The molecule has 0 bridgehead atoms. The van der Waals surface area contributed by atoms with E-state index in [4.69, 9.17) is 5.73 Å². The summed E-state index contributed by atoms with van der Waals surface area (Å²) in [6.45, 7) is 0.733. The largest absolute Gasteiger partial charge is 0.369 e. The zero-order valence-electron chi connectivity index (χ0n) is 10.1. The summed E-state index contributed by atoms with van der Waals surface area (Å²) in [4.78, 5) is 8.53. The van der Waals surface area contributed by atoms with Gasteiger partial charge in [0.1, 0.15) is 6.33 Å². The van der Waals surface area contributed by atoms with Gasteiger partial charge in [0.2, 0.25) is 5.95 Å². The number of rotatable bonds is 3. The highest BCUT2D eigenvalue weighted by molar-refractivity contribution is 5.78. The Morgan fingerprint density at radius 1 is 1.28 bits per heavy atom. The van der Waals surface area contributed by atoms with Crippen molar-refractivity contribution in [3.05, 3.63) is 36.4 Å². The van der Waals surface area contributed by atoms with Crippen LogP contribution in [0.2, 0.25) is 0 Å². The first kappa shape index (κ1) is 10.8. The van der Waals surface area contributed by atoms with Crippen LogP contribution in [-0.2, 0) is 20.0 Å². The van der Waals surface area contributed by atoms with Crippen LogP contribution >= 0.6 is 0 Å². The maximum absolute atomic E-state index is 5.93. The van der Waals surface area contributed by atoms with Gasteiger partial charge in [-0.2, -0.15) is 5.10 Å². The highest BCUT2D eigenvalue weighted by Gasteiger charge is 2.08. The molecule has 2 heterocycles. The van der Waals surface area contributed by atoms with Crippen molar-refractivity contribution in [2.24, 2.45) is 7.05 Å². The van der Waals surface area contributed by atoms with Crippen molar-refractivity contribution in [2.75, 3.05) is 5.73 Å². The Balaban J connectivity index is 1.88. The van der Waals surface area contributed by atoms with Crippen LogP contribution in [0.25, 0.3) is 11.0 Å². The monoisotopic (exact) mass is 242 g/mol. The van der Waals surface area contributed by atoms with Crippen molar-refractivity contribution in [1.29, 1.82) is 0 Å². The fourth-order valence-electron chi connectivity index (χ4n) is 2.04. The number of nitrogens with zero attached hydrogens (tertiary/aromatic N) is 5. The number of imidazole rings is 1. The average molecular weight is 242 g/mol. The molecule has 0 fully saturated rings. The molecule has 0 aliphatic heterocycles. The van der Waals surface area contributed by atoms with Crippen molar-refractivity contribution >= 4 is 17.0 Å². The Labute approximate surface area is 104 Å². The molecule has 6 nitrogen and oxygen atoms in total. The van der Waals surface area contributed by atoms with Gasteiger partial charge in [-0.25, -0.2) is 9.97 Å². The van der Waals surface area contributed by atoms with E-state index in [9.17, 15) is 0 Å². The number of aromatic nitrogens is 5. The van der Waals surface area contributed by atoms with Gasteiger partial charge in [0.15, 0.2) is 5.82 Å². The minimum atomic E-state index is 0.534. The van der Waals surface area contributed by atoms with Crippen LogP contribution in [0.1, 0.15) is 5.82 Å². The van der Waals surface area contributed by atoms with Crippen LogP contribution in [0.3, 0.4) is 0 Å². The third-order valence-corrected chi connectivity index (χ3v) is 2.89. The molecule has 2 aromatic heterocycles. The fraction of sp³-hybridized carbons (Fsp3) is 0.250. The van der Waals surface area contributed by atoms with Crippen LogP contribution < -0.4 is 5.73 Å². The van der Waals surface area contributed by atoms with Gasteiger partial charge in [-0.1, -0.05) is 12.1 Å². The van der Waals surface area contributed by atoms with E-state index in [1.54, 1.807) is 11.0 Å². The quantitative estimate of drug-likeness (QED) is 0.743. The zero-order valence-corrected chi connectivity index (χ0v) is 10.1. The van der Waals surface area contributed by atoms with E-state index in [0.29, 0.717) is 5.95 Å². The van der Waals surface area contributed by atoms with E-state index in [0.717, 1.165) is 29.8 Å². The van der Waals surface area contributed by atoms with Crippen molar-refractivity contribution in [1.82, 2.24) is 24.3 Å². The van der Waals surface area contributed by atoms with Gasteiger partial charge >= 0.3 is 0 Å². The molecule has 2 N–H and O–H groups in total. The predicted octanol–water partition coefficient (Wildman–Crippen LogP) is 0.990. The van der Waals surface area contributed by atoms with Crippen LogP contribution in [-0.4, -0.2) is 24.3 Å². The normalized spacial score (nSPS) is 11.2. The van der Waals surface area contributed by atoms with Gasteiger partial charge in [0.25, 0.3) is 0 Å². The summed E-state index contributed by atoms with van der Waals surface area (Å²) in [7, 11) is 1.86. The highest BCUT2D eigenvalue weighted by Crippen LogP contribution is 2.17. The van der Waals surface area contributed by atoms with Crippen molar-refractivity contribution < 1.29 is 0 Å². The zero-order chi connectivity index (χ0) is 12.5. The van der Waals surface area contributed by atoms with E-state index < -0.39 is 0 Å². The standard InChI is InChI=1S/C12H14N6/c1-17-8-14-11(16-17)6-7-18-10-5-3-2-4-9(10)15-12(18)13/h2-5,8H,6-7H2,1H3,(H2,13,15). The highest BCUT2D eigenvalue weighted by atomic mass is 15.3. The van der Waals surface area contributed by atoms with E-state index in [-0.39, 0.29) is 0 Å². The molecule has 0 saturated carbocycles. The van der Waals surface area contributed by atoms with Crippen LogP contribution in [0, 0.1) is 0 Å². The molecule has 1 aromatic carbocycles. The minimum Gasteiger partial charge on any atom is -0.369 e. The molecular formula is C12H14N6. The molecule has 3 rings (SSSR count). The number of nitrogen functional groups attached to an aromatic ring is 1. The van der Waals surface area contributed by atoms with Gasteiger partial charge in [-0.15, -0.1) is 0 Å². The first-order chi connectivity index (χ1) is 8.74. The maximum Gasteiger partial charge on any atom is 0.201 e. The Bertz CT molecular complexity index is 681. The lowest BCUT2D eigenvalue weighted by atomic mass is 10.3. The van der Waals surface area contributed by atoms with E-state index in [1.165, 1.54) is 0 Å². The van der Waals surface area contributed by atoms with Crippen molar-refractivity contribution in [2.45, 2.75) is 13.0 Å². The summed E-state index contributed by atoms with van der Waals surface area (Å²) in [6, 6.07) is 7.92. The summed E-state index contributed by atoms with van der Waals surface area (Å²) in [5.41, 5.74) is 7.90. The second-order valence-electron chi connectivity index (χ2n) is 4.19. The molecule has 0 saturated heterocycles. The predicted molar refractivity (Wildman–Crippen MR) is 68.9 cm³/mol. The van der Waals surface area contributed by atoms with E-state index in [1.807, 2.05) is 35.9 Å². The Kier molecular flexibility index (Phi) is 2.47. The molecule has 18 heavy (non-hydrogen) atoms. The molecule has 0 atom stereocenters. The van der Waals surface area contributed by atoms with Gasteiger partial charge in [0.05, 0.1) is 11.0 Å². The first-order valence-corrected chi connectivity index (χ1v) is 5.79. The van der Waals surface area contributed by atoms with Crippen LogP contribution in [0.15, 0.2) is 30.6 Å². The number of anilines is 1. The SMILES string of the molecule is Cn1cnc(CCn2c(N)nc3ccccc32)n1. The number of nitrogens with two attached hydrogens (primary N) is 1. The lowest BCUT2D eigenvalue weighted by Gasteiger charge is -2.04. The molecule has 0 spiro atoms. The Morgan fingerprint density at radius 3 is 2.89 bits per heavy atom. The summed E-state index contributed by atoms with van der Waals surface area (Å²) in [5, 5.41) is 4.25. The summed E-state index contributed by atoms with van der Waals surface area (Å²) < 4.78 is 3.69. The molecular weight excluding hydrogens is 228 g/mol. The van der Waals surface area contributed by atoms with Gasteiger partial charge in [-0.3, -0.25) is 4.68 Å². The molecule has 0 aliphatic rings. The third-order valence-electron chi connectivity index (χ3n) is 2.89. The van der Waals surface area contributed by atoms with Gasteiger partial charge in [-0.05, 0) is 12.1 Å². The summed E-state index contributed by atoms with van der Waals surface area (Å²) in [5.74, 6) is 1.35. The number of fused-ring (bicyclic) bond motifs is 1. The van der Waals surface area contributed by atoms with E-state index in [2.05, 4.69) is 15.1 Å². The summed E-state index contributed by atoms with van der Waals surface area (Å²) >= 11 is 0. The number of benzene rings is 1. The van der Waals surface area contributed by atoms with Gasteiger partial charge in [0, 0.05) is 20.0 Å². The molecule has 3 aromatic rings. The number of para-hydroxylation sites is 2. The van der Waals surface area contributed by atoms with Crippen molar-refractivity contribution in [3.63, 3.8) is 0 Å². The molecule has 6 heteroatoms. The molecule has 0 aliphatic carbocycles. The van der Waals surface area contributed by atoms with Crippen LogP contribution in [0.5, 0.6) is 0 Å². The number of hydrogen-bond donors (Lipinski definition) is 1. The minimum absolute atomic E-state index is 0.534. The molecule has 92 valence electrons. The molecule has 0 radical (unpaired) electrons. The maximum atomic E-state index is 5.93. The second-order valence-corrected chi connectivity index (χ2v) is 4.19. The Hall–Kier alpha value is -2.37. The lowest BCUT2D eigenvalue weighted by Crippen LogP contribution is -2.06. The second kappa shape index (κ2) is 4.14. The summed E-state index contributed by atoms with van der Waals surface area (Å²) in [6.07, 6.45) is 2.44. The van der Waals surface area contributed by atoms with Gasteiger partial charge < -0.3 is 10.3 Å². The smallest absolute Gasteiger partial charge is 0.201 e.